The van der Waals surface area contributed by atoms with E-state index in [0.717, 1.165) is 0 Å². The molecule has 0 radical (unpaired) electrons. The van der Waals surface area contributed by atoms with Crippen LogP contribution in [0.1, 0.15) is 11.1 Å². The van der Waals surface area contributed by atoms with Crippen molar-refractivity contribution in [1.29, 1.82) is 0 Å². The molecule has 0 bridgehead atoms. The summed E-state index contributed by atoms with van der Waals surface area (Å²) >= 11 is 10.4. The highest BCUT2D eigenvalue weighted by atomic mass is 35.5. The highest BCUT2D eigenvalue weighted by Gasteiger charge is 2.03. The molecule has 0 saturated carbocycles. The van der Waals surface area contributed by atoms with E-state index < -0.39 is 5.82 Å². The molecule has 80 valence electrons. The number of nitrogens with two attached hydrogens (primary N) is 1. The first kappa shape index (κ1) is 11.9. The maximum atomic E-state index is 13.3. The van der Waals surface area contributed by atoms with Crippen molar-refractivity contribution in [2.45, 2.75) is 6.92 Å². The van der Waals surface area contributed by atoms with Crippen LogP contribution in [0.4, 0.5) is 4.39 Å². The summed E-state index contributed by atoms with van der Waals surface area (Å²) in [4.78, 5) is 0. The van der Waals surface area contributed by atoms with Gasteiger partial charge in [0.1, 0.15) is 5.82 Å². The number of thiocarbonyl (C=S) groups is 1. The Labute approximate surface area is 97.1 Å². The Hall–Kier alpha value is -1.20. The second kappa shape index (κ2) is 5.04. The van der Waals surface area contributed by atoms with E-state index in [0.29, 0.717) is 10.6 Å². The minimum Gasteiger partial charge on any atom is -0.375 e. The van der Waals surface area contributed by atoms with E-state index in [-0.39, 0.29) is 10.7 Å². The maximum Gasteiger partial charge on any atom is 0.184 e. The van der Waals surface area contributed by atoms with Crippen LogP contribution in [0.2, 0.25) is 5.02 Å². The molecule has 0 aromatic heterocycles. The van der Waals surface area contributed by atoms with Crippen LogP contribution in [-0.2, 0) is 0 Å². The summed E-state index contributed by atoms with van der Waals surface area (Å²) in [7, 11) is 0. The molecule has 0 unspecified atom stereocenters. The minimum atomic E-state index is -0.398. The fourth-order valence-corrected chi connectivity index (χ4v) is 1.15. The second-order valence-corrected chi connectivity index (χ2v) is 3.70. The molecule has 0 aliphatic rings. The average Bonchev–Trinajstić information content (AvgIpc) is 2.13. The first-order valence-electron chi connectivity index (χ1n) is 4.05. The molecule has 1 aromatic carbocycles. The third kappa shape index (κ3) is 3.45. The molecule has 0 aliphatic heterocycles. The normalized spacial score (nSPS) is 10.6. The number of nitrogens with zero attached hydrogens (tertiary/aromatic N) is 1. The summed E-state index contributed by atoms with van der Waals surface area (Å²) in [6.45, 7) is 1.72. The largest absolute Gasteiger partial charge is 0.375 e. The van der Waals surface area contributed by atoms with E-state index >= 15 is 0 Å². The first-order valence-corrected chi connectivity index (χ1v) is 4.83. The number of aryl methyl sites for hydroxylation is 1. The SMILES string of the molecule is Cc1cc(F)c(C=NNC(N)=S)cc1Cl. The van der Waals surface area contributed by atoms with E-state index in [4.69, 9.17) is 17.3 Å². The molecule has 3 N–H and O–H groups in total. The van der Waals surface area contributed by atoms with Crippen LogP contribution in [0.15, 0.2) is 17.2 Å². The van der Waals surface area contributed by atoms with Gasteiger partial charge in [-0.2, -0.15) is 5.10 Å². The molecule has 0 spiro atoms. The first-order chi connectivity index (χ1) is 7.00. The number of hydrazone groups is 1. The van der Waals surface area contributed by atoms with Crippen molar-refractivity contribution in [2.24, 2.45) is 10.8 Å². The standard InChI is InChI=1S/C9H9ClFN3S/c1-5-2-8(11)6(3-7(5)10)4-13-14-9(12)15/h2-4H,1H3,(H3,12,14,15). The third-order valence-electron chi connectivity index (χ3n) is 1.66. The zero-order valence-corrected chi connectivity index (χ0v) is 9.49. The zero-order chi connectivity index (χ0) is 11.4. The Morgan fingerprint density at radius 3 is 2.93 bits per heavy atom. The molecular weight excluding hydrogens is 237 g/mol. The van der Waals surface area contributed by atoms with Crippen molar-refractivity contribution in [1.82, 2.24) is 5.43 Å². The van der Waals surface area contributed by atoms with Gasteiger partial charge < -0.3 is 5.73 Å². The zero-order valence-electron chi connectivity index (χ0n) is 7.92. The number of rotatable bonds is 2. The molecule has 1 rings (SSSR count). The number of hydrogen-bond acceptors (Lipinski definition) is 2. The van der Waals surface area contributed by atoms with Crippen molar-refractivity contribution in [3.8, 4) is 0 Å². The quantitative estimate of drug-likeness (QED) is 0.476. The summed E-state index contributed by atoms with van der Waals surface area (Å²) in [5, 5.41) is 4.13. The summed E-state index contributed by atoms with van der Waals surface area (Å²) in [5.41, 5.74) is 8.41. The number of benzene rings is 1. The molecule has 0 atom stereocenters. The lowest BCUT2D eigenvalue weighted by atomic mass is 10.1. The fourth-order valence-electron chi connectivity index (χ4n) is 0.926. The smallest absolute Gasteiger partial charge is 0.184 e. The van der Waals surface area contributed by atoms with Gasteiger partial charge in [-0.3, -0.25) is 5.43 Å². The highest BCUT2D eigenvalue weighted by molar-refractivity contribution is 7.80. The molecule has 0 amide bonds. The van der Waals surface area contributed by atoms with Gasteiger partial charge in [0.15, 0.2) is 5.11 Å². The summed E-state index contributed by atoms with van der Waals surface area (Å²) < 4.78 is 13.3. The van der Waals surface area contributed by atoms with Crippen LogP contribution in [-0.4, -0.2) is 11.3 Å². The van der Waals surface area contributed by atoms with Crippen LogP contribution in [0, 0.1) is 12.7 Å². The van der Waals surface area contributed by atoms with Gasteiger partial charge in [0.25, 0.3) is 0 Å². The monoisotopic (exact) mass is 245 g/mol. The van der Waals surface area contributed by atoms with Gasteiger partial charge in [-0.1, -0.05) is 11.6 Å². The van der Waals surface area contributed by atoms with Crippen molar-refractivity contribution in [3.05, 3.63) is 34.1 Å². The molecule has 0 aliphatic carbocycles. The Bertz CT molecular complexity index is 420. The van der Waals surface area contributed by atoms with Crippen LogP contribution < -0.4 is 11.2 Å². The maximum absolute atomic E-state index is 13.3. The molecule has 6 heteroatoms. The molecule has 3 nitrogen and oxygen atoms in total. The predicted molar refractivity (Wildman–Crippen MR) is 63.7 cm³/mol. The van der Waals surface area contributed by atoms with E-state index in [1.165, 1.54) is 18.3 Å². The van der Waals surface area contributed by atoms with Crippen molar-refractivity contribution >= 4 is 35.1 Å². The lowest BCUT2D eigenvalue weighted by Crippen LogP contribution is -2.24. The lowest BCUT2D eigenvalue weighted by molar-refractivity contribution is 0.624. The second-order valence-electron chi connectivity index (χ2n) is 2.86. The van der Waals surface area contributed by atoms with Gasteiger partial charge in [0.2, 0.25) is 0 Å². The summed E-state index contributed by atoms with van der Waals surface area (Å²) in [6.07, 6.45) is 1.26. The Morgan fingerprint density at radius 1 is 1.67 bits per heavy atom. The highest BCUT2D eigenvalue weighted by Crippen LogP contribution is 2.18. The van der Waals surface area contributed by atoms with E-state index in [1.807, 2.05) is 0 Å². The molecule has 15 heavy (non-hydrogen) atoms. The fraction of sp³-hybridized carbons (Fsp3) is 0.111. The topological polar surface area (TPSA) is 50.4 Å². The van der Waals surface area contributed by atoms with Crippen molar-refractivity contribution in [2.75, 3.05) is 0 Å². The average molecular weight is 246 g/mol. The molecular formula is C9H9ClFN3S. The van der Waals surface area contributed by atoms with Gasteiger partial charge in [0.05, 0.1) is 6.21 Å². The Kier molecular flexibility index (Phi) is 3.99. The van der Waals surface area contributed by atoms with Crippen molar-refractivity contribution in [3.63, 3.8) is 0 Å². The minimum absolute atomic E-state index is 0.0184. The van der Waals surface area contributed by atoms with Crippen LogP contribution in [0.5, 0.6) is 0 Å². The third-order valence-corrected chi connectivity index (χ3v) is 2.15. The molecule has 0 fully saturated rings. The van der Waals surface area contributed by atoms with Gasteiger partial charge in [-0.15, -0.1) is 0 Å². The van der Waals surface area contributed by atoms with E-state index in [9.17, 15) is 4.39 Å². The summed E-state index contributed by atoms with van der Waals surface area (Å²) in [6, 6.07) is 2.82. The molecule has 0 saturated heterocycles. The van der Waals surface area contributed by atoms with E-state index in [2.05, 4.69) is 22.7 Å². The summed E-state index contributed by atoms with van der Waals surface area (Å²) in [5.74, 6) is -0.398. The Morgan fingerprint density at radius 2 is 2.33 bits per heavy atom. The Balaban J connectivity index is 2.90. The predicted octanol–water partition coefficient (Wildman–Crippen LogP) is 1.95. The van der Waals surface area contributed by atoms with Gasteiger partial charge in [-0.25, -0.2) is 4.39 Å². The van der Waals surface area contributed by atoms with Crippen LogP contribution in [0.25, 0.3) is 0 Å². The van der Waals surface area contributed by atoms with E-state index in [1.54, 1.807) is 6.92 Å². The molecule has 1 aromatic rings. The number of halogens is 2. The van der Waals surface area contributed by atoms with Crippen LogP contribution in [0.3, 0.4) is 0 Å². The van der Waals surface area contributed by atoms with Gasteiger partial charge in [-0.05, 0) is 36.8 Å². The lowest BCUT2D eigenvalue weighted by Gasteiger charge is -2.01. The van der Waals surface area contributed by atoms with Gasteiger partial charge in [0, 0.05) is 10.6 Å². The molecule has 0 heterocycles. The van der Waals surface area contributed by atoms with Crippen molar-refractivity contribution < 1.29 is 4.39 Å². The number of nitrogens with one attached hydrogen (secondary N) is 1. The number of hydrogen-bond donors (Lipinski definition) is 2. The van der Waals surface area contributed by atoms with Gasteiger partial charge >= 0.3 is 0 Å². The van der Waals surface area contributed by atoms with Crippen LogP contribution >= 0.6 is 23.8 Å².